The van der Waals surface area contributed by atoms with Gasteiger partial charge in [-0.25, -0.2) is 19.4 Å². The van der Waals surface area contributed by atoms with E-state index in [0.717, 1.165) is 5.69 Å². The Hall–Kier alpha value is -1.99. The van der Waals surface area contributed by atoms with E-state index in [9.17, 15) is 4.79 Å². The summed E-state index contributed by atoms with van der Waals surface area (Å²) in [5, 5.41) is 13.3. The van der Waals surface area contributed by atoms with Crippen LogP contribution < -0.4 is 0 Å². The second-order valence-electron chi connectivity index (χ2n) is 3.78. The van der Waals surface area contributed by atoms with Gasteiger partial charge in [-0.05, 0) is 6.92 Å². The lowest BCUT2D eigenvalue weighted by Gasteiger charge is -2.01. The van der Waals surface area contributed by atoms with Crippen molar-refractivity contribution in [1.82, 2.24) is 19.7 Å². The maximum absolute atomic E-state index is 11.2. The minimum Gasteiger partial charge on any atom is -0.478 e. The van der Waals surface area contributed by atoms with Gasteiger partial charge in [0.25, 0.3) is 0 Å². The van der Waals surface area contributed by atoms with Gasteiger partial charge in [0, 0.05) is 18.9 Å². The molecular formula is C11H11ClN4O3. The number of hydrogen-bond donors (Lipinski definition) is 1. The molecule has 0 amide bonds. The highest BCUT2D eigenvalue weighted by atomic mass is 35.5. The fourth-order valence-corrected chi connectivity index (χ4v) is 1.91. The van der Waals surface area contributed by atoms with E-state index in [2.05, 4.69) is 15.1 Å². The molecule has 100 valence electrons. The van der Waals surface area contributed by atoms with Crippen molar-refractivity contribution in [2.24, 2.45) is 0 Å². The number of hydrogen-bond acceptors (Lipinski definition) is 5. The molecule has 0 aliphatic heterocycles. The van der Waals surface area contributed by atoms with E-state index >= 15 is 0 Å². The summed E-state index contributed by atoms with van der Waals surface area (Å²) < 4.78 is 6.17. The molecule has 0 spiro atoms. The monoisotopic (exact) mass is 282 g/mol. The first-order valence-corrected chi connectivity index (χ1v) is 5.71. The Kier molecular flexibility index (Phi) is 3.77. The minimum atomic E-state index is -1.16. The summed E-state index contributed by atoms with van der Waals surface area (Å²) in [5.41, 5.74) is 0.887. The molecule has 2 aromatic rings. The molecular weight excluding hydrogens is 272 g/mol. The summed E-state index contributed by atoms with van der Waals surface area (Å²) in [7, 11) is 1.45. The summed E-state index contributed by atoms with van der Waals surface area (Å²) in [6.45, 7) is 1.84. The smallest absolute Gasteiger partial charge is 0.340 e. The van der Waals surface area contributed by atoms with Crippen molar-refractivity contribution in [3.05, 3.63) is 34.5 Å². The van der Waals surface area contributed by atoms with Crippen LogP contribution in [-0.2, 0) is 11.3 Å². The van der Waals surface area contributed by atoms with Crippen LogP contribution in [0.4, 0.5) is 0 Å². The molecule has 2 rings (SSSR count). The van der Waals surface area contributed by atoms with Gasteiger partial charge in [-0.1, -0.05) is 11.6 Å². The van der Waals surface area contributed by atoms with Crippen molar-refractivity contribution in [3.8, 4) is 5.82 Å². The van der Waals surface area contributed by atoms with Crippen LogP contribution in [0.3, 0.4) is 0 Å². The molecule has 0 unspecified atom stereocenters. The average molecular weight is 283 g/mol. The molecule has 0 aliphatic rings. The number of carboxylic acid groups (broad SMARTS) is 1. The lowest BCUT2D eigenvalue weighted by molar-refractivity contribution is 0.0692. The van der Waals surface area contributed by atoms with Gasteiger partial charge in [-0.2, -0.15) is 5.10 Å². The van der Waals surface area contributed by atoms with Crippen LogP contribution in [0.2, 0.25) is 5.15 Å². The Bertz CT molecular complexity index is 626. The topological polar surface area (TPSA) is 90.1 Å². The molecule has 2 aromatic heterocycles. The third kappa shape index (κ3) is 2.56. The van der Waals surface area contributed by atoms with Crippen molar-refractivity contribution in [2.45, 2.75) is 13.5 Å². The van der Waals surface area contributed by atoms with E-state index in [1.54, 1.807) is 13.0 Å². The Morgan fingerprint density at radius 3 is 2.84 bits per heavy atom. The van der Waals surface area contributed by atoms with Crippen LogP contribution in [0.5, 0.6) is 0 Å². The molecule has 0 aromatic carbocycles. The molecule has 0 aliphatic carbocycles. The fourth-order valence-electron chi connectivity index (χ4n) is 1.60. The van der Waals surface area contributed by atoms with Crippen molar-refractivity contribution >= 4 is 17.6 Å². The lowest BCUT2D eigenvalue weighted by Crippen LogP contribution is -2.02. The van der Waals surface area contributed by atoms with Gasteiger partial charge in [0.1, 0.15) is 22.7 Å². The number of carbonyl (C=O) groups is 1. The van der Waals surface area contributed by atoms with Crippen molar-refractivity contribution in [1.29, 1.82) is 0 Å². The minimum absolute atomic E-state index is 0.0161. The zero-order valence-electron chi connectivity index (χ0n) is 10.3. The third-order valence-corrected chi connectivity index (χ3v) is 2.75. The van der Waals surface area contributed by atoms with Crippen LogP contribution >= 0.6 is 11.6 Å². The fraction of sp³-hybridized carbons (Fsp3) is 0.273. The van der Waals surface area contributed by atoms with Crippen LogP contribution in [0.15, 0.2) is 12.4 Å². The van der Waals surface area contributed by atoms with Gasteiger partial charge in [0.05, 0.1) is 6.61 Å². The average Bonchev–Trinajstić information content (AvgIpc) is 2.67. The van der Waals surface area contributed by atoms with Gasteiger partial charge in [-0.3, -0.25) is 0 Å². The van der Waals surface area contributed by atoms with E-state index in [4.69, 9.17) is 21.4 Å². The number of aromatic carboxylic acids is 1. The molecule has 0 radical (unpaired) electrons. The summed E-state index contributed by atoms with van der Waals surface area (Å²) in [4.78, 5) is 19.2. The Labute approximate surface area is 113 Å². The van der Waals surface area contributed by atoms with E-state index in [1.807, 2.05) is 0 Å². The first-order chi connectivity index (χ1) is 9.04. The largest absolute Gasteiger partial charge is 0.478 e. The molecule has 0 atom stereocenters. The van der Waals surface area contributed by atoms with Gasteiger partial charge < -0.3 is 9.84 Å². The third-order valence-electron chi connectivity index (χ3n) is 2.40. The quantitative estimate of drug-likeness (QED) is 0.913. The van der Waals surface area contributed by atoms with Crippen LogP contribution in [-0.4, -0.2) is 37.9 Å². The maximum atomic E-state index is 11.2. The molecule has 8 heteroatoms. The molecule has 0 fully saturated rings. The molecule has 2 heterocycles. The number of carboxylic acids is 1. The zero-order valence-corrected chi connectivity index (χ0v) is 11.0. The SMILES string of the molecule is COCc1nn(-c2cc(C)ncn2)c(Cl)c1C(=O)O. The number of rotatable bonds is 4. The second kappa shape index (κ2) is 5.33. The molecule has 19 heavy (non-hydrogen) atoms. The highest BCUT2D eigenvalue weighted by molar-refractivity contribution is 6.32. The van der Waals surface area contributed by atoms with E-state index in [1.165, 1.54) is 18.1 Å². The highest BCUT2D eigenvalue weighted by Gasteiger charge is 2.23. The number of aryl methyl sites for hydroxylation is 1. The number of halogens is 1. The second-order valence-corrected chi connectivity index (χ2v) is 4.14. The Morgan fingerprint density at radius 1 is 1.53 bits per heavy atom. The van der Waals surface area contributed by atoms with E-state index in [0.29, 0.717) is 5.82 Å². The van der Waals surface area contributed by atoms with Crippen molar-refractivity contribution in [2.75, 3.05) is 7.11 Å². The van der Waals surface area contributed by atoms with E-state index in [-0.39, 0.29) is 23.0 Å². The van der Waals surface area contributed by atoms with Crippen molar-refractivity contribution in [3.63, 3.8) is 0 Å². The molecule has 0 bridgehead atoms. The number of nitrogens with zero attached hydrogens (tertiary/aromatic N) is 4. The van der Waals surface area contributed by atoms with Crippen LogP contribution in [0, 0.1) is 6.92 Å². The van der Waals surface area contributed by atoms with Gasteiger partial charge >= 0.3 is 5.97 Å². The normalized spacial score (nSPS) is 10.7. The zero-order chi connectivity index (χ0) is 14.0. The number of methoxy groups -OCH3 is 1. The number of ether oxygens (including phenoxy) is 1. The summed E-state index contributed by atoms with van der Waals surface area (Å²) in [6.07, 6.45) is 1.36. The maximum Gasteiger partial charge on any atom is 0.340 e. The van der Waals surface area contributed by atoms with Gasteiger partial charge in [0.15, 0.2) is 5.82 Å². The standard InChI is InChI=1S/C11H11ClN4O3/c1-6-3-8(14-5-13-6)16-10(12)9(11(17)18)7(15-16)4-19-2/h3,5H,4H2,1-2H3,(H,17,18). The Balaban J connectivity index is 2.59. The number of aromatic nitrogens is 4. The Morgan fingerprint density at radius 2 is 2.26 bits per heavy atom. The van der Waals surface area contributed by atoms with Gasteiger partial charge in [0.2, 0.25) is 0 Å². The molecule has 1 N–H and O–H groups in total. The summed E-state index contributed by atoms with van der Waals surface area (Å²) in [5.74, 6) is -0.753. The molecule has 0 saturated heterocycles. The summed E-state index contributed by atoms with van der Waals surface area (Å²) >= 11 is 6.05. The lowest BCUT2D eigenvalue weighted by atomic mass is 10.2. The predicted octanol–water partition coefficient (Wildman–Crippen LogP) is 1.47. The first-order valence-electron chi connectivity index (χ1n) is 5.33. The molecule has 7 nitrogen and oxygen atoms in total. The first kappa shape index (κ1) is 13.4. The van der Waals surface area contributed by atoms with Crippen LogP contribution in [0.1, 0.15) is 21.7 Å². The summed E-state index contributed by atoms with van der Waals surface area (Å²) in [6, 6.07) is 1.65. The predicted molar refractivity (Wildman–Crippen MR) is 66.6 cm³/mol. The van der Waals surface area contributed by atoms with Crippen LogP contribution in [0.25, 0.3) is 5.82 Å². The van der Waals surface area contributed by atoms with Crippen molar-refractivity contribution < 1.29 is 14.6 Å². The highest BCUT2D eigenvalue weighted by Crippen LogP contribution is 2.23. The van der Waals surface area contributed by atoms with Gasteiger partial charge in [-0.15, -0.1) is 0 Å². The molecule has 0 saturated carbocycles. The van der Waals surface area contributed by atoms with E-state index < -0.39 is 5.97 Å².